The van der Waals surface area contributed by atoms with Crippen LogP contribution in [0.15, 0.2) is 41.3 Å². The summed E-state index contributed by atoms with van der Waals surface area (Å²) in [5.41, 5.74) is 2.62. The zero-order chi connectivity index (χ0) is 19.5. The van der Waals surface area contributed by atoms with Crippen LogP contribution in [0, 0.1) is 13.8 Å². The number of benzene rings is 2. The number of carbonyl (C=O) groups excluding carboxylic acids is 1. The van der Waals surface area contributed by atoms with Gasteiger partial charge in [0.05, 0.1) is 11.4 Å². The molecule has 0 heterocycles. The summed E-state index contributed by atoms with van der Waals surface area (Å²) >= 11 is 6.04. The molecular formula is C18H22ClN3O3S. The van der Waals surface area contributed by atoms with Gasteiger partial charge in [0.25, 0.3) is 0 Å². The molecule has 0 aliphatic carbocycles. The number of hydrogen-bond acceptors (Lipinski definition) is 4. The van der Waals surface area contributed by atoms with Crippen LogP contribution in [0.3, 0.4) is 0 Å². The number of aryl methyl sites for hydroxylation is 1. The Morgan fingerprint density at radius 3 is 2.50 bits per heavy atom. The molecule has 2 rings (SSSR count). The standard InChI is InChI=1S/C18H22ClN3O3S/c1-12-8-9-14(10-17(12)26(24,25)22(3)4)20-11-18(23)21-16-7-5-6-15(19)13(16)2/h5-10,20H,11H2,1-4H3,(H,21,23). The third-order valence-corrected chi connectivity index (χ3v) is 6.31. The van der Waals surface area contributed by atoms with Gasteiger partial charge in [0, 0.05) is 30.5 Å². The third kappa shape index (κ3) is 4.55. The fourth-order valence-electron chi connectivity index (χ4n) is 2.30. The molecule has 2 N–H and O–H groups in total. The molecule has 1 amide bonds. The fourth-order valence-corrected chi connectivity index (χ4v) is 3.62. The molecule has 0 unspecified atom stereocenters. The molecule has 6 nitrogen and oxygen atoms in total. The Kier molecular flexibility index (Phi) is 6.28. The molecule has 0 bridgehead atoms. The summed E-state index contributed by atoms with van der Waals surface area (Å²) in [6.45, 7) is 3.55. The van der Waals surface area contributed by atoms with E-state index in [1.54, 1.807) is 37.3 Å². The van der Waals surface area contributed by atoms with Crippen molar-refractivity contribution in [2.75, 3.05) is 31.3 Å². The molecule has 0 aliphatic rings. The minimum atomic E-state index is -3.55. The van der Waals surface area contributed by atoms with Crippen molar-refractivity contribution in [3.05, 3.63) is 52.5 Å². The maximum Gasteiger partial charge on any atom is 0.243 e. The highest BCUT2D eigenvalue weighted by Gasteiger charge is 2.20. The molecule has 2 aromatic carbocycles. The topological polar surface area (TPSA) is 78.5 Å². The highest BCUT2D eigenvalue weighted by atomic mass is 35.5. The SMILES string of the molecule is Cc1ccc(NCC(=O)Nc2cccc(Cl)c2C)cc1S(=O)(=O)N(C)C. The Bertz CT molecular complexity index is 927. The largest absolute Gasteiger partial charge is 0.376 e. The number of amides is 1. The molecule has 0 spiro atoms. The monoisotopic (exact) mass is 395 g/mol. The number of sulfonamides is 1. The first-order chi connectivity index (χ1) is 12.1. The minimum Gasteiger partial charge on any atom is -0.376 e. The average Bonchev–Trinajstić information content (AvgIpc) is 2.58. The zero-order valence-electron chi connectivity index (χ0n) is 15.1. The Morgan fingerprint density at radius 2 is 1.85 bits per heavy atom. The summed E-state index contributed by atoms with van der Waals surface area (Å²) in [5, 5.41) is 6.31. The van der Waals surface area contributed by atoms with Gasteiger partial charge in [-0.05, 0) is 49.2 Å². The molecule has 26 heavy (non-hydrogen) atoms. The molecule has 0 aliphatic heterocycles. The predicted molar refractivity (Wildman–Crippen MR) is 105 cm³/mol. The van der Waals surface area contributed by atoms with Crippen molar-refractivity contribution >= 4 is 38.9 Å². The van der Waals surface area contributed by atoms with Crippen LogP contribution in [0.2, 0.25) is 5.02 Å². The maximum absolute atomic E-state index is 12.4. The van der Waals surface area contributed by atoms with Crippen LogP contribution in [0.25, 0.3) is 0 Å². The Morgan fingerprint density at radius 1 is 1.15 bits per heavy atom. The lowest BCUT2D eigenvalue weighted by molar-refractivity contribution is -0.114. The Hall–Kier alpha value is -2.09. The van der Waals surface area contributed by atoms with Gasteiger partial charge in [-0.1, -0.05) is 23.7 Å². The highest BCUT2D eigenvalue weighted by molar-refractivity contribution is 7.89. The fraction of sp³-hybridized carbons (Fsp3) is 0.278. The van der Waals surface area contributed by atoms with Crippen molar-refractivity contribution in [2.24, 2.45) is 0 Å². The van der Waals surface area contributed by atoms with Crippen molar-refractivity contribution in [1.82, 2.24) is 4.31 Å². The average molecular weight is 396 g/mol. The number of nitrogens with zero attached hydrogens (tertiary/aromatic N) is 1. The number of rotatable bonds is 6. The van der Waals surface area contributed by atoms with E-state index in [1.165, 1.54) is 20.2 Å². The van der Waals surface area contributed by atoms with Crippen molar-refractivity contribution in [3.8, 4) is 0 Å². The van der Waals surface area contributed by atoms with Crippen molar-refractivity contribution in [3.63, 3.8) is 0 Å². The third-order valence-electron chi connectivity index (χ3n) is 3.94. The molecule has 2 aromatic rings. The van der Waals surface area contributed by atoms with E-state index in [1.807, 2.05) is 6.92 Å². The summed E-state index contributed by atoms with van der Waals surface area (Å²) in [6, 6.07) is 10.3. The first-order valence-electron chi connectivity index (χ1n) is 7.95. The predicted octanol–water partition coefficient (Wildman–Crippen LogP) is 3.26. The number of hydrogen-bond donors (Lipinski definition) is 2. The summed E-state index contributed by atoms with van der Waals surface area (Å²) in [6.07, 6.45) is 0. The minimum absolute atomic E-state index is 0.00351. The maximum atomic E-state index is 12.4. The second-order valence-corrected chi connectivity index (χ2v) is 8.61. The summed E-state index contributed by atoms with van der Waals surface area (Å²) in [4.78, 5) is 12.4. The first kappa shape index (κ1) is 20.2. The lowest BCUT2D eigenvalue weighted by atomic mass is 10.2. The highest BCUT2D eigenvalue weighted by Crippen LogP contribution is 2.24. The van der Waals surface area contributed by atoms with Crippen molar-refractivity contribution in [1.29, 1.82) is 0 Å². The van der Waals surface area contributed by atoms with Crippen molar-refractivity contribution < 1.29 is 13.2 Å². The van der Waals surface area contributed by atoms with E-state index >= 15 is 0 Å². The van der Waals surface area contributed by atoms with E-state index in [9.17, 15) is 13.2 Å². The van der Waals surface area contributed by atoms with E-state index in [4.69, 9.17) is 11.6 Å². The molecule has 0 saturated carbocycles. The van der Waals surface area contributed by atoms with Gasteiger partial charge in [0.1, 0.15) is 0 Å². The summed E-state index contributed by atoms with van der Waals surface area (Å²) in [5.74, 6) is -0.257. The second kappa shape index (κ2) is 8.07. The van der Waals surface area contributed by atoms with E-state index in [0.29, 0.717) is 22.0 Å². The molecule has 0 atom stereocenters. The molecule has 140 valence electrons. The van der Waals surface area contributed by atoms with Crippen LogP contribution >= 0.6 is 11.6 Å². The molecule has 0 fully saturated rings. The molecular weight excluding hydrogens is 374 g/mol. The van der Waals surface area contributed by atoms with Crippen LogP contribution in [0.4, 0.5) is 11.4 Å². The lowest BCUT2D eigenvalue weighted by Gasteiger charge is -2.15. The summed E-state index contributed by atoms with van der Waals surface area (Å²) in [7, 11) is -0.586. The summed E-state index contributed by atoms with van der Waals surface area (Å²) < 4.78 is 25.9. The molecule has 0 aromatic heterocycles. The van der Waals surface area contributed by atoms with Gasteiger partial charge in [-0.2, -0.15) is 0 Å². The Labute approximate surface area is 159 Å². The van der Waals surface area contributed by atoms with Gasteiger partial charge >= 0.3 is 0 Å². The van der Waals surface area contributed by atoms with E-state index in [2.05, 4.69) is 10.6 Å². The van der Waals surface area contributed by atoms with Crippen LogP contribution in [0.1, 0.15) is 11.1 Å². The zero-order valence-corrected chi connectivity index (χ0v) is 16.7. The van der Waals surface area contributed by atoms with Gasteiger partial charge in [-0.25, -0.2) is 12.7 Å². The van der Waals surface area contributed by atoms with Gasteiger partial charge in [-0.3, -0.25) is 4.79 Å². The van der Waals surface area contributed by atoms with Crippen LogP contribution in [-0.4, -0.2) is 39.3 Å². The van der Waals surface area contributed by atoms with Crippen LogP contribution in [0.5, 0.6) is 0 Å². The molecule has 0 radical (unpaired) electrons. The van der Waals surface area contributed by atoms with Gasteiger partial charge < -0.3 is 10.6 Å². The van der Waals surface area contributed by atoms with Gasteiger partial charge in [-0.15, -0.1) is 0 Å². The van der Waals surface area contributed by atoms with Crippen LogP contribution in [-0.2, 0) is 14.8 Å². The number of halogens is 1. The second-order valence-electron chi connectivity index (χ2n) is 6.08. The normalized spacial score (nSPS) is 11.5. The lowest BCUT2D eigenvalue weighted by Crippen LogP contribution is -2.24. The van der Waals surface area contributed by atoms with E-state index in [-0.39, 0.29) is 17.3 Å². The molecule has 0 saturated heterocycles. The molecule has 8 heteroatoms. The number of carbonyl (C=O) groups is 1. The van der Waals surface area contributed by atoms with E-state index < -0.39 is 10.0 Å². The van der Waals surface area contributed by atoms with Gasteiger partial charge in [0.2, 0.25) is 15.9 Å². The quantitative estimate of drug-likeness (QED) is 0.786. The van der Waals surface area contributed by atoms with E-state index in [0.717, 1.165) is 9.87 Å². The smallest absolute Gasteiger partial charge is 0.243 e. The van der Waals surface area contributed by atoms with Gasteiger partial charge in [0.15, 0.2) is 0 Å². The number of nitrogens with one attached hydrogen (secondary N) is 2. The number of anilines is 2. The van der Waals surface area contributed by atoms with Crippen LogP contribution < -0.4 is 10.6 Å². The van der Waals surface area contributed by atoms with Crippen molar-refractivity contribution in [2.45, 2.75) is 18.7 Å². The Balaban J connectivity index is 2.10. The first-order valence-corrected chi connectivity index (χ1v) is 9.76.